The van der Waals surface area contributed by atoms with Crippen LogP contribution in [0.3, 0.4) is 0 Å². The lowest BCUT2D eigenvalue weighted by Crippen LogP contribution is -2.26. The van der Waals surface area contributed by atoms with Gasteiger partial charge in [0.05, 0.1) is 5.56 Å². The second-order valence-corrected chi connectivity index (χ2v) is 6.09. The van der Waals surface area contributed by atoms with E-state index in [9.17, 15) is 18.0 Å². The van der Waals surface area contributed by atoms with Crippen LogP contribution in [0.25, 0.3) is 11.4 Å². The van der Waals surface area contributed by atoms with Crippen molar-refractivity contribution in [2.75, 3.05) is 0 Å². The summed E-state index contributed by atoms with van der Waals surface area (Å²) < 4.78 is 43.0. The predicted octanol–water partition coefficient (Wildman–Crippen LogP) is 4.55. The van der Waals surface area contributed by atoms with Crippen LogP contribution >= 0.6 is 0 Å². The highest BCUT2D eigenvalue weighted by molar-refractivity contribution is 5.94. The van der Waals surface area contributed by atoms with Crippen molar-refractivity contribution in [3.05, 3.63) is 71.1 Å². The van der Waals surface area contributed by atoms with Crippen LogP contribution in [0.4, 0.5) is 13.2 Å². The zero-order valence-electron chi connectivity index (χ0n) is 14.5. The Hall–Kier alpha value is -3.16. The monoisotopic (exact) mass is 375 g/mol. The summed E-state index contributed by atoms with van der Waals surface area (Å²) in [6.45, 7) is 3.61. The lowest BCUT2D eigenvalue weighted by atomic mass is 10.1. The average molecular weight is 375 g/mol. The van der Waals surface area contributed by atoms with Gasteiger partial charge < -0.3 is 9.84 Å². The number of hydrogen-bond acceptors (Lipinski definition) is 4. The first-order chi connectivity index (χ1) is 12.7. The molecule has 0 bridgehead atoms. The van der Waals surface area contributed by atoms with E-state index in [1.807, 2.05) is 31.2 Å². The molecule has 2 aromatic carbocycles. The minimum Gasteiger partial charge on any atom is -0.341 e. The summed E-state index contributed by atoms with van der Waals surface area (Å²) in [4.78, 5) is 16.5. The Morgan fingerprint density at radius 3 is 2.30 bits per heavy atom. The third kappa shape index (κ3) is 4.33. The summed E-state index contributed by atoms with van der Waals surface area (Å²) >= 11 is 0. The molecular formula is C19H16F3N3O2. The van der Waals surface area contributed by atoms with Gasteiger partial charge in [-0.3, -0.25) is 4.79 Å². The number of carbonyl (C=O) groups excluding carboxylic acids is 1. The maximum Gasteiger partial charge on any atom is 0.416 e. The number of carbonyl (C=O) groups is 1. The summed E-state index contributed by atoms with van der Waals surface area (Å²) in [6.07, 6.45) is -4.45. The molecular weight excluding hydrogens is 359 g/mol. The van der Waals surface area contributed by atoms with Gasteiger partial charge in [0.15, 0.2) is 0 Å². The molecule has 0 aliphatic heterocycles. The second-order valence-electron chi connectivity index (χ2n) is 6.09. The molecule has 1 aromatic heterocycles. The van der Waals surface area contributed by atoms with E-state index in [4.69, 9.17) is 4.52 Å². The van der Waals surface area contributed by atoms with Gasteiger partial charge in [0.2, 0.25) is 11.7 Å². The van der Waals surface area contributed by atoms with Gasteiger partial charge in [-0.2, -0.15) is 18.2 Å². The average Bonchev–Trinajstić information content (AvgIpc) is 3.12. The van der Waals surface area contributed by atoms with Crippen molar-refractivity contribution in [2.45, 2.75) is 26.1 Å². The smallest absolute Gasteiger partial charge is 0.341 e. The lowest BCUT2D eigenvalue weighted by molar-refractivity contribution is -0.137. The molecule has 1 heterocycles. The van der Waals surface area contributed by atoms with E-state index in [2.05, 4.69) is 15.5 Å². The second kappa shape index (κ2) is 7.22. The molecule has 3 aromatic rings. The Labute approximate surface area is 153 Å². The van der Waals surface area contributed by atoms with Gasteiger partial charge in [-0.25, -0.2) is 0 Å². The van der Waals surface area contributed by atoms with Crippen LogP contribution in [0.15, 0.2) is 53.1 Å². The van der Waals surface area contributed by atoms with E-state index in [1.54, 1.807) is 6.92 Å². The van der Waals surface area contributed by atoms with E-state index in [0.717, 1.165) is 35.4 Å². The topological polar surface area (TPSA) is 68.0 Å². The van der Waals surface area contributed by atoms with E-state index in [-0.39, 0.29) is 11.5 Å². The van der Waals surface area contributed by atoms with Crippen molar-refractivity contribution in [1.82, 2.24) is 15.5 Å². The lowest BCUT2D eigenvalue weighted by Gasteiger charge is -2.11. The highest BCUT2D eigenvalue weighted by Crippen LogP contribution is 2.29. The maximum absolute atomic E-state index is 12.6. The molecule has 0 spiro atoms. The van der Waals surface area contributed by atoms with Gasteiger partial charge in [-0.05, 0) is 38.1 Å². The van der Waals surface area contributed by atoms with Crippen LogP contribution in [-0.2, 0) is 6.18 Å². The Bertz CT molecular complexity index is 932. The maximum atomic E-state index is 12.6. The van der Waals surface area contributed by atoms with Crippen LogP contribution in [-0.4, -0.2) is 16.0 Å². The summed E-state index contributed by atoms with van der Waals surface area (Å²) in [5.74, 6) is 0.0535. The third-order valence-corrected chi connectivity index (χ3v) is 3.94. The Kier molecular flexibility index (Phi) is 4.98. The molecule has 1 N–H and O–H groups in total. The van der Waals surface area contributed by atoms with Crippen molar-refractivity contribution >= 4 is 5.91 Å². The van der Waals surface area contributed by atoms with Gasteiger partial charge in [-0.15, -0.1) is 0 Å². The van der Waals surface area contributed by atoms with Gasteiger partial charge in [0, 0.05) is 11.1 Å². The molecule has 0 fully saturated rings. The Morgan fingerprint density at radius 1 is 1.07 bits per heavy atom. The van der Waals surface area contributed by atoms with Crippen LogP contribution in [0, 0.1) is 6.92 Å². The summed E-state index contributed by atoms with van der Waals surface area (Å²) in [5, 5.41) is 6.52. The van der Waals surface area contributed by atoms with Crippen molar-refractivity contribution in [3.63, 3.8) is 0 Å². The fourth-order valence-electron chi connectivity index (χ4n) is 2.38. The highest BCUT2D eigenvalue weighted by Gasteiger charge is 2.30. The number of aromatic nitrogens is 2. The summed E-state index contributed by atoms with van der Waals surface area (Å²) in [6, 6.07) is 10.9. The molecule has 0 unspecified atom stereocenters. The number of rotatable bonds is 4. The number of amides is 1. The molecule has 0 aliphatic carbocycles. The van der Waals surface area contributed by atoms with Crippen LogP contribution < -0.4 is 5.32 Å². The van der Waals surface area contributed by atoms with Gasteiger partial charge >= 0.3 is 6.18 Å². The first-order valence-electron chi connectivity index (χ1n) is 8.13. The molecule has 8 heteroatoms. The number of hydrogen-bond donors (Lipinski definition) is 1. The Balaban J connectivity index is 1.69. The number of aryl methyl sites for hydroxylation is 1. The molecule has 27 heavy (non-hydrogen) atoms. The molecule has 0 radical (unpaired) electrons. The van der Waals surface area contributed by atoms with Crippen molar-refractivity contribution < 1.29 is 22.5 Å². The van der Waals surface area contributed by atoms with E-state index >= 15 is 0 Å². The minimum atomic E-state index is -4.45. The van der Waals surface area contributed by atoms with Crippen LogP contribution in [0.5, 0.6) is 0 Å². The van der Waals surface area contributed by atoms with Gasteiger partial charge in [-0.1, -0.05) is 35.0 Å². The molecule has 5 nitrogen and oxygen atoms in total. The summed E-state index contributed by atoms with van der Waals surface area (Å²) in [7, 11) is 0. The fourth-order valence-corrected chi connectivity index (χ4v) is 2.38. The fraction of sp³-hybridized carbons (Fsp3) is 0.211. The number of benzene rings is 2. The van der Waals surface area contributed by atoms with E-state index < -0.39 is 23.7 Å². The standard InChI is InChI=1S/C19H16F3N3O2/c1-11-3-5-13(6-4-11)16-24-18(27-25-16)12(2)23-17(26)14-7-9-15(10-8-14)19(20,21)22/h3-10,12H,1-2H3,(H,23,26)/t12-/m0/s1. The summed E-state index contributed by atoms with van der Waals surface area (Å²) in [5.41, 5.74) is 1.16. The normalized spacial score (nSPS) is 12.6. The predicted molar refractivity (Wildman–Crippen MR) is 91.8 cm³/mol. The van der Waals surface area contributed by atoms with Crippen LogP contribution in [0.1, 0.15) is 40.3 Å². The molecule has 0 aliphatic rings. The SMILES string of the molecule is Cc1ccc(-c2noc([C@H](C)NC(=O)c3ccc(C(F)(F)F)cc3)n2)cc1. The molecule has 140 valence electrons. The highest BCUT2D eigenvalue weighted by atomic mass is 19.4. The minimum absolute atomic E-state index is 0.105. The van der Waals surface area contributed by atoms with Gasteiger partial charge in [0.25, 0.3) is 5.91 Å². The Morgan fingerprint density at radius 2 is 1.70 bits per heavy atom. The third-order valence-electron chi connectivity index (χ3n) is 3.94. The first kappa shape index (κ1) is 18.6. The number of nitrogens with zero attached hydrogens (tertiary/aromatic N) is 2. The quantitative estimate of drug-likeness (QED) is 0.726. The molecule has 1 amide bonds. The van der Waals surface area contributed by atoms with Crippen molar-refractivity contribution in [3.8, 4) is 11.4 Å². The van der Waals surface area contributed by atoms with E-state index in [1.165, 1.54) is 0 Å². The van der Waals surface area contributed by atoms with Crippen LogP contribution in [0.2, 0.25) is 0 Å². The van der Waals surface area contributed by atoms with Crippen molar-refractivity contribution in [1.29, 1.82) is 0 Å². The zero-order chi connectivity index (χ0) is 19.6. The molecule has 1 atom stereocenters. The molecule has 0 saturated heterocycles. The molecule has 3 rings (SSSR count). The number of halogens is 3. The van der Waals surface area contributed by atoms with E-state index in [0.29, 0.717) is 5.82 Å². The van der Waals surface area contributed by atoms with Gasteiger partial charge in [0.1, 0.15) is 6.04 Å². The van der Waals surface area contributed by atoms with Crippen molar-refractivity contribution in [2.24, 2.45) is 0 Å². The molecule has 0 saturated carbocycles. The zero-order valence-corrected chi connectivity index (χ0v) is 14.5. The first-order valence-corrected chi connectivity index (χ1v) is 8.13. The number of nitrogens with one attached hydrogen (secondary N) is 1. The largest absolute Gasteiger partial charge is 0.416 e. The number of alkyl halides is 3.